The number of hydrogen-bond donors (Lipinski definition) is 1. The van der Waals surface area contributed by atoms with Crippen molar-refractivity contribution in [3.63, 3.8) is 0 Å². The van der Waals surface area contributed by atoms with Crippen molar-refractivity contribution in [3.8, 4) is 5.75 Å². The third kappa shape index (κ3) is 3.06. The second kappa shape index (κ2) is 6.52. The van der Waals surface area contributed by atoms with E-state index in [-0.39, 0.29) is 5.91 Å². The molecule has 1 N–H and O–H groups in total. The van der Waals surface area contributed by atoms with E-state index in [2.05, 4.69) is 10.2 Å². The van der Waals surface area contributed by atoms with E-state index in [4.69, 9.17) is 4.74 Å². The Balaban J connectivity index is 1.84. The van der Waals surface area contributed by atoms with E-state index in [0.29, 0.717) is 5.56 Å². The minimum Gasteiger partial charge on any atom is -0.495 e. The Labute approximate surface area is 130 Å². The number of carbonyl (C=O) groups is 1. The molecule has 0 unspecified atom stereocenters. The van der Waals surface area contributed by atoms with E-state index in [9.17, 15) is 4.79 Å². The van der Waals surface area contributed by atoms with Gasteiger partial charge in [-0.25, -0.2) is 0 Å². The molecule has 0 spiro atoms. The normalized spacial score (nSPS) is 14.0. The molecule has 0 aromatic heterocycles. The Bertz CT molecular complexity index is 649. The van der Waals surface area contributed by atoms with Crippen LogP contribution in [0.4, 0.5) is 11.4 Å². The average molecular weight is 296 g/mol. The first kappa shape index (κ1) is 14.4. The van der Waals surface area contributed by atoms with Crippen molar-refractivity contribution < 1.29 is 9.53 Å². The molecule has 2 aromatic carbocycles. The highest BCUT2D eigenvalue weighted by molar-refractivity contribution is 6.05. The first-order chi connectivity index (χ1) is 10.8. The van der Waals surface area contributed by atoms with Crippen molar-refractivity contribution in [3.05, 3.63) is 54.1 Å². The lowest BCUT2D eigenvalue weighted by Crippen LogP contribution is -2.20. The molecule has 0 saturated carbocycles. The zero-order valence-electron chi connectivity index (χ0n) is 12.7. The number of para-hydroxylation sites is 1. The molecule has 0 radical (unpaired) electrons. The monoisotopic (exact) mass is 296 g/mol. The molecule has 0 atom stereocenters. The maximum atomic E-state index is 12.4. The number of amides is 1. The Morgan fingerprint density at radius 2 is 1.82 bits per heavy atom. The Kier molecular flexibility index (Phi) is 4.28. The third-order valence-electron chi connectivity index (χ3n) is 3.92. The van der Waals surface area contributed by atoms with Crippen molar-refractivity contribution in [2.75, 3.05) is 30.4 Å². The molecule has 1 amide bonds. The first-order valence-electron chi connectivity index (χ1n) is 7.57. The van der Waals surface area contributed by atoms with Crippen molar-refractivity contribution in [2.45, 2.75) is 12.8 Å². The average Bonchev–Trinajstić information content (AvgIpc) is 3.09. The van der Waals surface area contributed by atoms with Crippen LogP contribution in [0.15, 0.2) is 48.5 Å². The molecule has 0 bridgehead atoms. The van der Waals surface area contributed by atoms with Gasteiger partial charge in [0.05, 0.1) is 12.8 Å². The summed E-state index contributed by atoms with van der Waals surface area (Å²) in [4.78, 5) is 14.7. The molecule has 2 aromatic rings. The third-order valence-corrected chi connectivity index (χ3v) is 3.92. The van der Waals surface area contributed by atoms with Gasteiger partial charge < -0.3 is 15.0 Å². The number of nitrogens with one attached hydrogen (secondary N) is 1. The molecule has 3 rings (SSSR count). The summed E-state index contributed by atoms with van der Waals surface area (Å²) in [7, 11) is 1.67. The molecule has 1 aliphatic rings. The summed E-state index contributed by atoms with van der Waals surface area (Å²) in [5.41, 5.74) is 2.44. The number of anilines is 2. The zero-order valence-corrected chi connectivity index (χ0v) is 12.7. The first-order valence-corrected chi connectivity index (χ1v) is 7.57. The number of benzene rings is 2. The van der Waals surface area contributed by atoms with Gasteiger partial charge in [0.2, 0.25) is 0 Å². The van der Waals surface area contributed by atoms with Gasteiger partial charge in [-0.2, -0.15) is 0 Å². The minimum atomic E-state index is -0.103. The molecular formula is C18H20N2O2. The van der Waals surface area contributed by atoms with E-state index in [1.807, 2.05) is 42.5 Å². The molecule has 1 fully saturated rings. The quantitative estimate of drug-likeness (QED) is 0.938. The second-order valence-electron chi connectivity index (χ2n) is 5.40. The molecule has 1 heterocycles. The van der Waals surface area contributed by atoms with Gasteiger partial charge in [-0.1, -0.05) is 18.2 Å². The molecule has 4 heteroatoms. The lowest BCUT2D eigenvalue weighted by atomic mass is 10.1. The summed E-state index contributed by atoms with van der Waals surface area (Å²) in [6, 6.07) is 15.1. The number of methoxy groups -OCH3 is 1. The number of carbonyl (C=O) groups excluding carboxylic acids is 1. The Hall–Kier alpha value is -2.49. The molecule has 114 valence electrons. The van der Waals surface area contributed by atoms with Crippen molar-refractivity contribution >= 4 is 17.3 Å². The van der Waals surface area contributed by atoms with Crippen LogP contribution in [0, 0.1) is 0 Å². The summed E-state index contributed by atoms with van der Waals surface area (Å²) in [5, 5.41) is 2.92. The fourth-order valence-corrected chi connectivity index (χ4v) is 2.76. The fraction of sp³-hybridized carbons (Fsp3) is 0.278. The van der Waals surface area contributed by atoms with E-state index in [0.717, 1.165) is 30.2 Å². The lowest BCUT2D eigenvalue weighted by molar-refractivity contribution is 0.102. The van der Waals surface area contributed by atoms with E-state index < -0.39 is 0 Å². The predicted molar refractivity (Wildman–Crippen MR) is 88.8 cm³/mol. The number of hydrogen-bond acceptors (Lipinski definition) is 3. The molecule has 4 nitrogen and oxygen atoms in total. The largest absolute Gasteiger partial charge is 0.495 e. The van der Waals surface area contributed by atoms with Crippen LogP contribution in [-0.4, -0.2) is 26.1 Å². The van der Waals surface area contributed by atoms with Crippen molar-refractivity contribution in [2.24, 2.45) is 0 Å². The highest BCUT2D eigenvalue weighted by Crippen LogP contribution is 2.32. The second-order valence-corrected chi connectivity index (χ2v) is 5.40. The summed E-state index contributed by atoms with van der Waals surface area (Å²) < 4.78 is 5.44. The maximum Gasteiger partial charge on any atom is 0.255 e. The minimum absolute atomic E-state index is 0.103. The maximum absolute atomic E-state index is 12.4. The van der Waals surface area contributed by atoms with Crippen LogP contribution in [0.3, 0.4) is 0 Å². The summed E-state index contributed by atoms with van der Waals surface area (Å²) in [6.45, 7) is 2.03. The Morgan fingerprint density at radius 3 is 2.50 bits per heavy atom. The van der Waals surface area contributed by atoms with Crippen LogP contribution < -0.4 is 15.0 Å². The van der Waals surface area contributed by atoms with Gasteiger partial charge in [0.25, 0.3) is 5.91 Å². The van der Waals surface area contributed by atoms with Gasteiger partial charge in [0.15, 0.2) is 0 Å². The number of ether oxygens (including phenoxy) is 1. The highest BCUT2D eigenvalue weighted by atomic mass is 16.5. The summed E-state index contributed by atoms with van der Waals surface area (Å²) in [5.74, 6) is 0.715. The van der Waals surface area contributed by atoms with Crippen LogP contribution in [0.5, 0.6) is 5.75 Å². The molecule has 22 heavy (non-hydrogen) atoms. The smallest absolute Gasteiger partial charge is 0.255 e. The topological polar surface area (TPSA) is 41.6 Å². The van der Waals surface area contributed by atoms with E-state index in [1.165, 1.54) is 12.8 Å². The molecule has 1 saturated heterocycles. The van der Waals surface area contributed by atoms with Gasteiger partial charge in [-0.05, 0) is 43.2 Å². The fourth-order valence-electron chi connectivity index (χ4n) is 2.76. The van der Waals surface area contributed by atoms with Gasteiger partial charge in [-0.3, -0.25) is 4.79 Å². The standard InChI is InChI=1S/C18H20N2O2/c1-22-17-10-9-14(13-16(17)20-11-5-6-12-20)18(21)19-15-7-3-2-4-8-15/h2-4,7-10,13H,5-6,11-12H2,1H3,(H,19,21). The zero-order chi connectivity index (χ0) is 15.4. The summed E-state index contributed by atoms with van der Waals surface area (Å²) in [6.07, 6.45) is 2.37. The molecule has 0 aliphatic carbocycles. The van der Waals surface area contributed by atoms with Crippen LogP contribution in [0.2, 0.25) is 0 Å². The molecular weight excluding hydrogens is 276 g/mol. The highest BCUT2D eigenvalue weighted by Gasteiger charge is 2.18. The molecule has 1 aliphatic heterocycles. The van der Waals surface area contributed by atoms with Gasteiger partial charge >= 0.3 is 0 Å². The van der Waals surface area contributed by atoms with Crippen molar-refractivity contribution in [1.82, 2.24) is 0 Å². The van der Waals surface area contributed by atoms with Crippen LogP contribution in [-0.2, 0) is 0 Å². The van der Waals surface area contributed by atoms with Gasteiger partial charge in [-0.15, -0.1) is 0 Å². The van der Waals surface area contributed by atoms with Gasteiger partial charge in [0.1, 0.15) is 5.75 Å². The van der Waals surface area contributed by atoms with Crippen LogP contribution in [0.25, 0.3) is 0 Å². The Morgan fingerprint density at radius 1 is 1.09 bits per heavy atom. The van der Waals surface area contributed by atoms with Crippen LogP contribution in [0.1, 0.15) is 23.2 Å². The van der Waals surface area contributed by atoms with Crippen molar-refractivity contribution in [1.29, 1.82) is 0 Å². The number of rotatable bonds is 4. The van der Waals surface area contributed by atoms with Gasteiger partial charge in [0, 0.05) is 24.3 Å². The number of nitrogens with zero attached hydrogens (tertiary/aromatic N) is 1. The SMILES string of the molecule is COc1ccc(C(=O)Nc2ccccc2)cc1N1CCCC1. The van der Waals surface area contributed by atoms with E-state index >= 15 is 0 Å². The van der Waals surface area contributed by atoms with Crippen LogP contribution >= 0.6 is 0 Å². The van der Waals surface area contributed by atoms with E-state index in [1.54, 1.807) is 13.2 Å². The summed E-state index contributed by atoms with van der Waals surface area (Å²) >= 11 is 0. The predicted octanol–water partition coefficient (Wildman–Crippen LogP) is 3.55. The lowest BCUT2D eigenvalue weighted by Gasteiger charge is -2.21.